The van der Waals surface area contributed by atoms with Crippen LogP contribution in [-0.4, -0.2) is 22.0 Å². The Hall–Kier alpha value is -2.69. The predicted octanol–water partition coefficient (Wildman–Crippen LogP) is 2.34. The summed E-state index contributed by atoms with van der Waals surface area (Å²) in [5.74, 6) is -1.24. The van der Waals surface area contributed by atoms with Crippen molar-refractivity contribution in [3.8, 4) is 0 Å². The first-order valence-electron chi connectivity index (χ1n) is 5.63. The zero-order valence-electron chi connectivity index (χ0n) is 10.3. The maximum Gasteiger partial charge on any atom is 0.335 e. The molecule has 1 amide bonds. The third kappa shape index (κ3) is 2.95. The maximum atomic E-state index is 11.9. The Bertz CT molecular complexity index is 624. The third-order valence-corrected chi connectivity index (χ3v) is 2.66. The number of aromatic carboxylic acids is 1. The molecule has 0 spiro atoms. The van der Waals surface area contributed by atoms with Crippen molar-refractivity contribution in [2.75, 3.05) is 5.32 Å². The SMILES string of the molecule is Cc1cc(NC(=O)c2ccncc2)ccc1C(=O)O. The summed E-state index contributed by atoms with van der Waals surface area (Å²) in [6, 6.07) is 7.87. The minimum Gasteiger partial charge on any atom is -0.478 e. The van der Waals surface area contributed by atoms with Gasteiger partial charge >= 0.3 is 5.97 Å². The number of pyridine rings is 1. The summed E-state index contributed by atoms with van der Waals surface area (Å²) in [5, 5.41) is 11.6. The molecule has 0 aliphatic rings. The van der Waals surface area contributed by atoms with Gasteiger partial charge in [0, 0.05) is 23.6 Å². The van der Waals surface area contributed by atoms with Crippen LogP contribution in [0.2, 0.25) is 0 Å². The van der Waals surface area contributed by atoms with E-state index in [1.165, 1.54) is 18.5 Å². The first kappa shape index (κ1) is 12.8. The summed E-state index contributed by atoms with van der Waals surface area (Å²) in [6.07, 6.45) is 3.07. The van der Waals surface area contributed by atoms with Gasteiger partial charge in [-0.3, -0.25) is 9.78 Å². The standard InChI is InChI=1S/C14H12N2O3/c1-9-8-11(2-3-12(9)14(18)19)16-13(17)10-4-6-15-7-5-10/h2-8H,1H3,(H,16,17)(H,18,19). The molecule has 0 radical (unpaired) electrons. The van der Waals surface area contributed by atoms with Gasteiger partial charge in [0.1, 0.15) is 0 Å². The van der Waals surface area contributed by atoms with Crippen molar-refractivity contribution >= 4 is 17.6 Å². The van der Waals surface area contributed by atoms with Crippen LogP contribution in [0.15, 0.2) is 42.7 Å². The van der Waals surface area contributed by atoms with Crippen molar-refractivity contribution in [1.29, 1.82) is 0 Å². The van der Waals surface area contributed by atoms with Gasteiger partial charge < -0.3 is 10.4 Å². The van der Waals surface area contributed by atoms with Crippen LogP contribution < -0.4 is 5.32 Å². The minimum absolute atomic E-state index is 0.224. The summed E-state index contributed by atoms with van der Waals surface area (Å²) in [5.41, 5.74) is 1.88. The summed E-state index contributed by atoms with van der Waals surface area (Å²) in [7, 11) is 0. The highest BCUT2D eigenvalue weighted by Gasteiger charge is 2.09. The van der Waals surface area contributed by atoms with E-state index in [2.05, 4.69) is 10.3 Å². The fourth-order valence-electron chi connectivity index (χ4n) is 1.69. The van der Waals surface area contributed by atoms with Crippen molar-refractivity contribution in [1.82, 2.24) is 4.98 Å². The van der Waals surface area contributed by atoms with E-state index in [4.69, 9.17) is 5.11 Å². The van der Waals surface area contributed by atoms with Crippen LogP contribution in [0.4, 0.5) is 5.69 Å². The molecule has 5 heteroatoms. The van der Waals surface area contributed by atoms with E-state index >= 15 is 0 Å². The number of nitrogens with zero attached hydrogens (tertiary/aromatic N) is 1. The van der Waals surface area contributed by atoms with Gasteiger partial charge in [-0.2, -0.15) is 0 Å². The molecule has 0 unspecified atom stereocenters. The van der Waals surface area contributed by atoms with Gasteiger partial charge in [0.25, 0.3) is 5.91 Å². The quantitative estimate of drug-likeness (QED) is 0.883. The molecular formula is C14H12N2O3. The van der Waals surface area contributed by atoms with E-state index < -0.39 is 5.97 Å². The lowest BCUT2D eigenvalue weighted by atomic mass is 10.1. The number of anilines is 1. The van der Waals surface area contributed by atoms with Crippen molar-refractivity contribution in [2.45, 2.75) is 6.92 Å². The Morgan fingerprint density at radius 2 is 1.84 bits per heavy atom. The van der Waals surface area contributed by atoms with Crippen LogP contribution in [0.1, 0.15) is 26.3 Å². The Morgan fingerprint density at radius 3 is 2.42 bits per heavy atom. The van der Waals surface area contributed by atoms with E-state index in [1.807, 2.05) is 0 Å². The average molecular weight is 256 g/mol. The minimum atomic E-state index is -0.982. The van der Waals surface area contributed by atoms with Gasteiger partial charge in [0.2, 0.25) is 0 Å². The molecule has 5 nitrogen and oxygen atoms in total. The maximum absolute atomic E-state index is 11.9. The number of hydrogen-bond acceptors (Lipinski definition) is 3. The fourth-order valence-corrected chi connectivity index (χ4v) is 1.69. The highest BCUT2D eigenvalue weighted by Crippen LogP contribution is 2.16. The molecule has 2 aromatic rings. The highest BCUT2D eigenvalue weighted by atomic mass is 16.4. The van der Waals surface area contributed by atoms with Gasteiger partial charge in [-0.15, -0.1) is 0 Å². The zero-order chi connectivity index (χ0) is 13.8. The molecule has 0 atom stereocenters. The van der Waals surface area contributed by atoms with Crippen molar-refractivity contribution in [2.24, 2.45) is 0 Å². The number of benzene rings is 1. The van der Waals surface area contributed by atoms with Gasteiger partial charge in [-0.1, -0.05) is 0 Å². The normalized spacial score (nSPS) is 9.95. The Morgan fingerprint density at radius 1 is 1.16 bits per heavy atom. The van der Waals surface area contributed by atoms with Gasteiger partial charge in [0.05, 0.1) is 5.56 Å². The number of carboxylic acids is 1. The molecule has 1 aromatic heterocycles. The largest absolute Gasteiger partial charge is 0.478 e. The summed E-state index contributed by atoms with van der Waals surface area (Å²) in [4.78, 5) is 26.6. The summed E-state index contributed by atoms with van der Waals surface area (Å²) in [6.45, 7) is 1.69. The number of hydrogen-bond donors (Lipinski definition) is 2. The monoisotopic (exact) mass is 256 g/mol. The molecule has 2 rings (SSSR count). The van der Waals surface area contributed by atoms with Crippen molar-refractivity contribution in [3.63, 3.8) is 0 Å². The number of carbonyl (C=O) groups excluding carboxylic acids is 1. The van der Waals surface area contributed by atoms with Crippen LogP contribution in [0.5, 0.6) is 0 Å². The molecule has 0 aliphatic carbocycles. The third-order valence-electron chi connectivity index (χ3n) is 2.66. The van der Waals surface area contributed by atoms with Crippen LogP contribution in [0, 0.1) is 6.92 Å². The van der Waals surface area contributed by atoms with Gasteiger partial charge in [-0.25, -0.2) is 4.79 Å². The lowest BCUT2D eigenvalue weighted by Crippen LogP contribution is -2.12. The molecule has 0 saturated carbocycles. The van der Waals surface area contributed by atoms with Crippen LogP contribution >= 0.6 is 0 Å². The van der Waals surface area contributed by atoms with E-state index in [9.17, 15) is 9.59 Å². The van der Waals surface area contributed by atoms with Gasteiger partial charge in [0.15, 0.2) is 0 Å². The summed E-state index contributed by atoms with van der Waals surface area (Å²) < 4.78 is 0. The average Bonchev–Trinajstić information content (AvgIpc) is 2.39. The Kier molecular flexibility index (Phi) is 3.56. The summed E-state index contributed by atoms with van der Waals surface area (Å²) >= 11 is 0. The number of carbonyl (C=O) groups is 2. The molecule has 2 N–H and O–H groups in total. The molecule has 0 bridgehead atoms. The molecule has 0 fully saturated rings. The number of rotatable bonds is 3. The highest BCUT2D eigenvalue weighted by molar-refractivity contribution is 6.04. The molecule has 0 aliphatic heterocycles. The first-order chi connectivity index (χ1) is 9.08. The van der Waals surface area contributed by atoms with Crippen LogP contribution in [0.3, 0.4) is 0 Å². The number of aryl methyl sites for hydroxylation is 1. The van der Waals surface area contributed by atoms with E-state index in [1.54, 1.807) is 31.2 Å². The smallest absolute Gasteiger partial charge is 0.335 e. The second-order valence-electron chi connectivity index (χ2n) is 4.02. The predicted molar refractivity (Wildman–Crippen MR) is 70.3 cm³/mol. The zero-order valence-corrected chi connectivity index (χ0v) is 10.3. The lowest BCUT2D eigenvalue weighted by molar-refractivity contribution is 0.0696. The molecule has 1 aromatic carbocycles. The fraction of sp³-hybridized carbons (Fsp3) is 0.0714. The van der Waals surface area contributed by atoms with Gasteiger partial charge in [-0.05, 0) is 42.8 Å². The molecule has 19 heavy (non-hydrogen) atoms. The van der Waals surface area contributed by atoms with E-state index in [0.717, 1.165) is 0 Å². The Balaban J connectivity index is 2.19. The molecule has 0 saturated heterocycles. The number of carboxylic acid groups (broad SMARTS) is 1. The lowest BCUT2D eigenvalue weighted by Gasteiger charge is -2.07. The van der Waals surface area contributed by atoms with Crippen LogP contribution in [-0.2, 0) is 0 Å². The number of amides is 1. The second kappa shape index (κ2) is 5.30. The Labute approximate surface area is 109 Å². The first-order valence-corrected chi connectivity index (χ1v) is 5.63. The number of nitrogens with one attached hydrogen (secondary N) is 1. The topological polar surface area (TPSA) is 79.3 Å². The second-order valence-corrected chi connectivity index (χ2v) is 4.02. The molecule has 96 valence electrons. The molecular weight excluding hydrogens is 244 g/mol. The number of aromatic nitrogens is 1. The van der Waals surface area contributed by atoms with E-state index in [-0.39, 0.29) is 11.5 Å². The van der Waals surface area contributed by atoms with Crippen molar-refractivity contribution in [3.05, 3.63) is 59.4 Å². The van der Waals surface area contributed by atoms with Crippen LogP contribution in [0.25, 0.3) is 0 Å². The van der Waals surface area contributed by atoms with Crippen molar-refractivity contribution < 1.29 is 14.7 Å². The molecule has 1 heterocycles. The van der Waals surface area contributed by atoms with E-state index in [0.29, 0.717) is 16.8 Å².